The SMILES string of the molecule is Clc1ccc(CN2CCN(c3nnc(Cc4ccccc4)s3)CC2)nc1. The first-order chi connectivity index (χ1) is 12.8. The van der Waals surface area contributed by atoms with Crippen LogP contribution in [-0.4, -0.2) is 46.3 Å². The third kappa shape index (κ3) is 4.38. The molecule has 5 nitrogen and oxygen atoms in total. The Labute approximate surface area is 162 Å². The molecule has 3 aromatic rings. The first-order valence-corrected chi connectivity index (χ1v) is 9.90. The number of piperazine rings is 1. The molecule has 1 aliphatic rings. The highest BCUT2D eigenvalue weighted by molar-refractivity contribution is 7.15. The fourth-order valence-corrected chi connectivity index (χ4v) is 4.08. The lowest BCUT2D eigenvalue weighted by molar-refractivity contribution is 0.247. The van der Waals surface area contributed by atoms with Gasteiger partial charge in [-0.05, 0) is 17.7 Å². The highest BCUT2D eigenvalue weighted by Gasteiger charge is 2.20. The van der Waals surface area contributed by atoms with E-state index in [1.54, 1.807) is 17.5 Å². The van der Waals surface area contributed by atoms with Crippen molar-refractivity contribution in [1.82, 2.24) is 20.1 Å². The van der Waals surface area contributed by atoms with Crippen LogP contribution in [0.1, 0.15) is 16.3 Å². The molecule has 26 heavy (non-hydrogen) atoms. The van der Waals surface area contributed by atoms with Crippen LogP contribution in [0.25, 0.3) is 0 Å². The number of nitrogens with zero attached hydrogens (tertiary/aromatic N) is 5. The summed E-state index contributed by atoms with van der Waals surface area (Å²) in [4.78, 5) is 9.13. The number of benzene rings is 1. The minimum atomic E-state index is 0.682. The summed E-state index contributed by atoms with van der Waals surface area (Å²) in [5.74, 6) is 0. The monoisotopic (exact) mass is 385 g/mol. The molecule has 134 valence electrons. The molecule has 0 saturated carbocycles. The van der Waals surface area contributed by atoms with Gasteiger partial charge in [0.05, 0.1) is 10.7 Å². The molecule has 0 aliphatic carbocycles. The molecule has 0 atom stereocenters. The fraction of sp³-hybridized carbons (Fsp3) is 0.316. The summed E-state index contributed by atoms with van der Waals surface area (Å²) in [6.07, 6.45) is 2.56. The second kappa shape index (κ2) is 8.12. The summed E-state index contributed by atoms with van der Waals surface area (Å²) >= 11 is 7.60. The maximum absolute atomic E-state index is 5.90. The molecule has 2 aromatic heterocycles. The zero-order valence-corrected chi connectivity index (χ0v) is 16.0. The first-order valence-electron chi connectivity index (χ1n) is 8.70. The minimum absolute atomic E-state index is 0.682. The average molecular weight is 386 g/mol. The van der Waals surface area contributed by atoms with Crippen molar-refractivity contribution in [2.45, 2.75) is 13.0 Å². The zero-order chi connectivity index (χ0) is 17.8. The van der Waals surface area contributed by atoms with E-state index in [0.717, 1.165) is 55.0 Å². The Morgan fingerprint density at radius 2 is 1.77 bits per heavy atom. The highest BCUT2D eigenvalue weighted by atomic mass is 35.5. The molecule has 3 heterocycles. The fourth-order valence-electron chi connectivity index (χ4n) is 3.04. The van der Waals surface area contributed by atoms with Crippen molar-refractivity contribution in [3.63, 3.8) is 0 Å². The van der Waals surface area contributed by atoms with Crippen molar-refractivity contribution in [3.05, 3.63) is 69.9 Å². The predicted molar refractivity (Wildman–Crippen MR) is 106 cm³/mol. The number of pyridine rings is 1. The van der Waals surface area contributed by atoms with Crippen molar-refractivity contribution in [2.75, 3.05) is 31.1 Å². The molecule has 1 fully saturated rings. The van der Waals surface area contributed by atoms with Crippen LogP contribution in [0, 0.1) is 0 Å². The van der Waals surface area contributed by atoms with E-state index < -0.39 is 0 Å². The lowest BCUT2D eigenvalue weighted by atomic mass is 10.2. The Morgan fingerprint density at radius 3 is 2.50 bits per heavy atom. The van der Waals surface area contributed by atoms with Crippen molar-refractivity contribution < 1.29 is 0 Å². The van der Waals surface area contributed by atoms with E-state index >= 15 is 0 Å². The van der Waals surface area contributed by atoms with E-state index in [1.165, 1.54) is 5.56 Å². The van der Waals surface area contributed by atoms with E-state index in [1.807, 2.05) is 18.2 Å². The third-order valence-corrected chi connectivity index (χ3v) is 5.68. The van der Waals surface area contributed by atoms with Gasteiger partial charge in [-0.25, -0.2) is 0 Å². The van der Waals surface area contributed by atoms with Crippen LogP contribution in [0.3, 0.4) is 0 Å². The van der Waals surface area contributed by atoms with Crippen LogP contribution >= 0.6 is 22.9 Å². The summed E-state index contributed by atoms with van der Waals surface area (Å²) in [5, 5.41) is 11.6. The van der Waals surface area contributed by atoms with Gasteiger partial charge in [0.1, 0.15) is 5.01 Å². The number of halogens is 1. The molecule has 0 unspecified atom stereocenters. The van der Waals surface area contributed by atoms with Crippen LogP contribution in [0.5, 0.6) is 0 Å². The molecular formula is C19H20ClN5S. The van der Waals surface area contributed by atoms with Crippen LogP contribution in [0.4, 0.5) is 5.13 Å². The average Bonchev–Trinajstić information content (AvgIpc) is 3.13. The van der Waals surface area contributed by atoms with Crippen LogP contribution in [0.2, 0.25) is 5.02 Å². The van der Waals surface area contributed by atoms with Gasteiger partial charge in [0.25, 0.3) is 0 Å². The summed E-state index contributed by atoms with van der Waals surface area (Å²) in [7, 11) is 0. The Bertz CT molecular complexity index is 829. The van der Waals surface area contributed by atoms with Crippen LogP contribution in [0.15, 0.2) is 48.7 Å². The molecular weight excluding hydrogens is 366 g/mol. The molecule has 0 N–H and O–H groups in total. The molecule has 7 heteroatoms. The van der Waals surface area contributed by atoms with Crippen LogP contribution in [-0.2, 0) is 13.0 Å². The molecule has 0 bridgehead atoms. The first kappa shape index (κ1) is 17.4. The van der Waals surface area contributed by atoms with Gasteiger partial charge in [-0.2, -0.15) is 0 Å². The maximum atomic E-state index is 5.90. The van der Waals surface area contributed by atoms with E-state index in [9.17, 15) is 0 Å². The summed E-state index contributed by atoms with van der Waals surface area (Å²) in [6.45, 7) is 4.79. The Hall–Kier alpha value is -2.02. The molecule has 0 radical (unpaired) electrons. The smallest absolute Gasteiger partial charge is 0.208 e. The van der Waals surface area contributed by atoms with Crippen molar-refractivity contribution in [3.8, 4) is 0 Å². The minimum Gasteiger partial charge on any atom is -0.344 e. The van der Waals surface area contributed by atoms with Crippen molar-refractivity contribution >= 4 is 28.1 Å². The third-order valence-electron chi connectivity index (χ3n) is 4.47. The largest absolute Gasteiger partial charge is 0.344 e. The number of aromatic nitrogens is 3. The van der Waals surface area contributed by atoms with Gasteiger partial charge in [0.15, 0.2) is 0 Å². The van der Waals surface area contributed by atoms with Crippen molar-refractivity contribution in [2.24, 2.45) is 0 Å². The summed E-state index contributed by atoms with van der Waals surface area (Å²) < 4.78 is 0. The van der Waals surface area contributed by atoms with Crippen LogP contribution < -0.4 is 4.90 Å². The van der Waals surface area contributed by atoms with Gasteiger partial charge < -0.3 is 4.90 Å². The normalized spacial score (nSPS) is 15.3. The molecule has 0 spiro atoms. The number of hydrogen-bond donors (Lipinski definition) is 0. The summed E-state index contributed by atoms with van der Waals surface area (Å²) in [5.41, 5.74) is 2.33. The predicted octanol–water partition coefficient (Wildman–Crippen LogP) is 3.50. The standard InChI is InChI=1S/C19H20ClN5S/c20-16-6-7-17(21-13-16)14-24-8-10-25(11-9-24)19-23-22-18(26-19)12-15-4-2-1-3-5-15/h1-7,13H,8-12,14H2. The molecule has 4 rings (SSSR count). The Morgan fingerprint density at radius 1 is 0.962 bits per heavy atom. The van der Waals surface area contributed by atoms with Gasteiger partial charge in [0.2, 0.25) is 5.13 Å². The van der Waals surface area contributed by atoms with Gasteiger partial charge in [-0.3, -0.25) is 9.88 Å². The van der Waals surface area contributed by atoms with E-state index in [0.29, 0.717) is 5.02 Å². The molecule has 0 amide bonds. The second-order valence-electron chi connectivity index (χ2n) is 6.37. The van der Waals surface area contributed by atoms with E-state index in [2.05, 4.69) is 49.2 Å². The van der Waals surface area contributed by atoms with Gasteiger partial charge >= 0.3 is 0 Å². The van der Waals surface area contributed by atoms with Crippen molar-refractivity contribution in [1.29, 1.82) is 0 Å². The number of hydrogen-bond acceptors (Lipinski definition) is 6. The molecule has 1 aromatic carbocycles. The van der Waals surface area contributed by atoms with Gasteiger partial charge in [0, 0.05) is 45.3 Å². The molecule has 1 aliphatic heterocycles. The van der Waals surface area contributed by atoms with E-state index in [4.69, 9.17) is 11.6 Å². The highest BCUT2D eigenvalue weighted by Crippen LogP contribution is 2.23. The number of rotatable bonds is 5. The summed E-state index contributed by atoms with van der Waals surface area (Å²) in [6, 6.07) is 14.3. The Balaban J connectivity index is 1.31. The lowest BCUT2D eigenvalue weighted by Crippen LogP contribution is -2.46. The maximum Gasteiger partial charge on any atom is 0.208 e. The van der Waals surface area contributed by atoms with Gasteiger partial charge in [-0.15, -0.1) is 10.2 Å². The number of anilines is 1. The Kier molecular flexibility index (Phi) is 5.43. The topological polar surface area (TPSA) is 45.2 Å². The van der Waals surface area contributed by atoms with Gasteiger partial charge in [-0.1, -0.05) is 53.3 Å². The quantitative estimate of drug-likeness (QED) is 0.672. The second-order valence-corrected chi connectivity index (χ2v) is 7.85. The lowest BCUT2D eigenvalue weighted by Gasteiger charge is -2.34. The molecule has 1 saturated heterocycles. The zero-order valence-electron chi connectivity index (χ0n) is 14.4. The van der Waals surface area contributed by atoms with E-state index in [-0.39, 0.29) is 0 Å².